The van der Waals surface area contributed by atoms with Crippen molar-refractivity contribution in [2.45, 2.75) is 26.8 Å². The van der Waals surface area contributed by atoms with Crippen LogP contribution in [-0.4, -0.2) is 92.7 Å². The van der Waals surface area contributed by atoms with Gasteiger partial charge in [0.2, 0.25) is 0 Å². The monoisotopic (exact) mass is 550 g/mol. The molecule has 214 valence electrons. The third-order valence-corrected chi connectivity index (χ3v) is 7.33. The van der Waals surface area contributed by atoms with Crippen LogP contribution >= 0.6 is 0 Å². The molecule has 0 bridgehead atoms. The number of carbonyl (C=O) groups is 3. The van der Waals surface area contributed by atoms with Crippen LogP contribution in [0.3, 0.4) is 0 Å². The van der Waals surface area contributed by atoms with Crippen LogP contribution in [-0.2, 0) is 9.53 Å². The van der Waals surface area contributed by atoms with Gasteiger partial charge in [-0.3, -0.25) is 14.6 Å². The Morgan fingerprint density at radius 2 is 1.68 bits per heavy atom. The molecule has 0 aromatic heterocycles. The van der Waals surface area contributed by atoms with Gasteiger partial charge in [0.15, 0.2) is 0 Å². The first-order chi connectivity index (χ1) is 19.3. The summed E-state index contributed by atoms with van der Waals surface area (Å²) in [4.78, 5) is 45.4. The summed E-state index contributed by atoms with van der Waals surface area (Å²) in [5.74, 6) is 0.588. The number of nitrogens with one attached hydrogen (secondary N) is 1. The van der Waals surface area contributed by atoms with Gasteiger partial charge in [-0.1, -0.05) is 17.7 Å². The first kappa shape index (κ1) is 28.9. The molecular weight excluding hydrogens is 512 g/mol. The van der Waals surface area contributed by atoms with E-state index in [4.69, 9.17) is 14.2 Å². The second-order valence-corrected chi connectivity index (χ2v) is 9.75. The van der Waals surface area contributed by atoms with Crippen LogP contribution in [0.25, 0.3) is 0 Å². The number of esters is 1. The maximum absolute atomic E-state index is 13.5. The van der Waals surface area contributed by atoms with Crippen LogP contribution in [0.5, 0.6) is 11.5 Å². The first-order valence-corrected chi connectivity index (χ1v) is 13.6. The van der Waals surface area contributed by atoms with Crippen LogP contribution in [0.15, 0.2) is 53.7 Å². The fraction of sp³-hybridized carbons (Fsp3) is 0.433. The number of benzene rings is 2. The molecule has 2 aliphatic heterocycles. The third kappa shape index (κ3) is 6.07. The number of rotatable bonds is 9. The molecule has 1 fully saturated rings. The Labute approximate surface area is 235 Å². The van der Waals surface area contributed by atoms with Gasteiger partial charge in [0, 0.05) is 56.1 Å². The fourth-order valence-electron chi connectivity index (χ4n) is 5.16. The molecule has 3 amide bonds. The number of hydrogen-bond acceptors (Lipinski definition) is 7. The fourth-order valence-corrected chi connectivity index (χ4v) is 5.16. The van der Waals surface area contributed by atoms with Crippen LogP contribution < -0.4 is 14.8 Å². The van der Waals surface area contributed by atoms with E-state index in [9.17, 15) is 14.4 Å². The maximum atomic E-state index is 13.5. The van der Waals surface area contributed by atoms with Gasteiger partial charge in [-0.2, -0.15) is 0 Å². The summed E-state index contributed by atoms with van der Waals surface area (Å²) in [6.07, 6.45) is 0. The zero-order chi connectivity index (χ0) is 28.8. The van der Waals surface area contributed by atoms with Gasteiger partial charge in [-0.25, -0.2) is 9.59 Å². The minimum atomic E-state index is -0.793. The number of carbonyl (C=O) groups excluding carboxylic acids is 3. The average Bonchev–Trinajstić information content (AvgIpc) is 2.97. The number of likely N-dealkylation sites (N-methyl/N-ethyl adjacent to an activating group) is 1. The van der Waals surface area contributed by atoms with E-state index in [1.165, 1.54) is 0 Å². The predicted molar refractivity (Wildman–Crippen MR) is 150 cm³/mol. The van der Waals surface area contributed by atoms with E-state index < -0.39 is 12.0 Å². The zero-order valence-electron chi connectivity index (χ0n) is 23.9. The molecule has 2 aromatic carbocycles. The molecule has 4 rings (SSSR count). The van der Waals surface area contributed by atoms with Crippen LogP contribution in [0.4, 0.5) is 4.79 Å². The summed E-state index contributed by atoms with van der Waals surface area (Å²) in [6.45, 7) is 8.81. The highest BCUT2D eigenvalue weighted by molar-refractivity contribution is 5.96. The van der Waals surface area contributed by atoms with E-state index in [-0.39, 0.29) is 18.5 Å². The molecule has 1 N–H and O–H groups in total. The molecule has 2 aromatic rings. The van der Waals surface area contributed by atoms with Crippen LogP contribution in [0.1, 0.15) is 41.4 Å². The topological polar surface area (TPSA) is 101 Å². The number of hydrogen-bond donors (Lipinski definition) is 1. The lowest BCUT2D eigenvalue weighted by molar-refractivity contribution is -0.139. The highest BCUT2D eigenvalue weighted by Gasteiger charge is 2.40. The van der Waals surface area contributed by atoms with E-state index in [0.29, 0.717) is 73.2 Å². The standard InChI is InChI=1S/C30H38N4O6/c1-6-34-24(19-32-14-16-33(17-15-32)28(35)21-10-8-20(3)9-11-21)26(29(36)40-7-2)27(31-30(34)37)23-18-22(38-4)12-13-25(23)39-5/h8-13,18,27H,6-7,14-17,19H2,1-5H3,(H,31,37). The number of methoxy groups -OCH3 is 2. The summed E-state index contributed by atoms with van der Waals surface area (Å²) >= 11 is 0. The van der Waals surface area contributed by atoms with Crippen molar-refractivity contribution in [3.63, 3.8) is 0 Å². The summed E-state index contributed by atoms with van der Waals surface area (Å²) in [7, 11) is 3.10. The van der Waals surface area contributed by atoms with E-state index in [1.807, 2.05) is 43.0 Å². The smallest absolute Gasteiger partial charge is 0.338 e. The SMILES string of the molecule is CCOC(=O)C1=C(CN2CCN(C(=O)c3ccc(C)cc3)CC2)N(CC)C(=O)NC1c1cc(OC)ccc1OC. The zero-order valence-corrected chi connectivity index (χ0v) is 23.9. The van der Waals surface area contributed by atoms with Crippen molar-refractivity contribution < 1.29 is 28.6 Å². The molecule has 0 radical (unpaired) electrons. The van der Waals surface area contributed by atoms with Gasteiger partial charge in [0.25, 0.3) is 5.91 Å². The van der Waals surface area contributed by atoms with Gasteiger partial charge < -0.3 is 24.4 Å². The Balaban J connectivity index is 1.65. The largest absolute Gasteiger partial charge is 0.497 e. The number of ether oxygens (including phenoxy) is 3. The van der Waals surface area contributed by atoms with Crippen molar-refractivity contribution in [3.05, 3.63) is 70.4 Å². The maximum Gasteiger partial charge on any atom is 0.338 e. The molecule has 1 unspecified atom stereocenters. The number of aryl methyl sites for hydroxylation is 1. The van der Waals surface area contributed by atoms with Gasteiger partial charge >= 0.3 is 12.0 Å². The quantitative estimate of drug-likeness (QED) is 0.478. The van der Waals surface area contributed by atoms with Crippen molar-refractivity contribution in [1.29, 1.82) is 0 Å². The van der Waals surface area contributed by atoms with E-state index in [1.54, 1.807) is 44.2 Å². The van der Waals surface area contributed by atoms with Crippen molar-refractivity contribution in [3.8, 4) is 11.5 Å². The average molecular weight is 551 g/mol. The van der Waals surface area contributed by atoms with Gasteiger partial charge in [0.05, 0.1) is 32.4 Å². The highest BCUT2D eigenvalue weighted by Crippen LogP contribution is 2.38. The Morgan fingerprint density at radius 3 is 2.27 bits per heavy atom. The normalized spacial score (nSPS) is 17.9. The van der Waals surface area contributed by atoms with Gasteiger partial charge in [-0.15, -0.1) is 0 Å². The van der Waals surface area contributed by atoms with Crippen molar-refractivity contribution in [2.75, 3.05) is 60.1 Å². The number of piperazine rings is 1. The molecule has 2 heterocycles. The lowest BCUT2D eigenvalue weighted by atomic mass is 9.93. The Morgan fingerprint density at radius 1 is 0.975 bits per heavy atom. The van der Waals surface area contributed by atoms with Crippen molar-refractivity contribution in [1.82, 2.24) is 20.0 Å². The van der Waals surface area contributed by atoms with Gasteiger partial charge in [0.1, 0.15) is 11.5 Å². The van der Waals surface area contributed by atoms with Crippen molar-refractivity contribution in [2.24, 2.45) is 0 Å². The second-order valence-electron chi connectivity index (χ2n) is 9.75. The lowest BCUT2D eigenvalue weighted by Gasteiger charge is -2.40. The summed E-state index contributed by atoms with van der Waals surface area (Å²) < 4.78 is 16.5. The number of urea groups is 1. The first-order valence-electron chi connectivity index (χ1n) is 13.6. The number of amides is 3. The summed E-state index contributed by atoms with van der Waals surface area (Å²) in [5, 5.41) is 2.98. The summed E-state index contributed by atoms with van der Waals surface area (Å²) in [5.41, 5.74) is 3.31. The minimum Gasteiger partial charge on any atom is -0.497 e. The minimum absolute atomic E-state index is 0.00323. The van der Waals surface area contributed by atoms with Crippen molar-refractivity contribution >= 4 is 17.9 Å². The van der Waals surface area contributed by atoms with Gasteiger partial charge in [-0.05, 0) is 51.1 Å². The Bertz CT molecular complexity index is 1270. The van der Waals surface area contributed by atoms with E-state index in [2.05, 4.69) is 10.2 Å². The second kappa shape index (κ2) is 12.9. The molecular formula is C30H38N4O6. The van der Waals surface area contributed by atoms with Crippen LogP contribution in [0, 0.1) is 6.92 Å². The molecule has 0 saturated carbocycles. The summed E-state index contributed by atoms with van der Waals surface area (Å²) in [6, 6.07) is 11.8. The molecule has 10 heteroatoms. The van der Waals surface area contributed by atoms with E-state index in [0.717, 1.165) is 5.56 Å². The van der Waals surface area contributed by atoms with E-state index >= 15 is 0 Å². The molecule has 0 spiro atoms. The third-order valence-electron chi connectivity index (χ3n) is 7.33. The molecule has 1 atom stereocenters. The number of nitrogens with zero attached hydrogens (tertiary/aromatic N) is 3. The van der Waals surface area contributed by atoms with Crippen LogP contribution in [0.2, 0.25) is 0 Å². The predicted octanol–water partition coefficient (Wildman–Crippen LogP) is 3.37. The molecule has 0 aliphatic carbocycles. The highest BCUT2D eigenvalue weighted by atomic mass is 16.5. The Kier molecular flexibility index (Phi) is 9.31. The molecule has 40 heavy (non-hydrogen) atoms. The molecule has 2 aliphatic rings. The lowest BCUT2D eigenvalue weighted by Crippen LogP contribution is -2.53. The molecule has 10 nitrogen and oxygen atoms in total. The Hall–Kier alpha value is -4.05. The molecule has 1 saturated heterocycles.